The molecule has 7 heteroatoms. The molecular weight excluding hydrogens is 164 g/mol. The molecule has 1 aromatic heterocycles. The molecule has 0 aromatic carbocycles. The molecule has 6 nitrogen and oxygen atoms in total. The summed E-state index contributed by atoms with van der Waals surface area (Å²) >= 11 is 1.51. The number of nitrogens with two attached hydrogens (primary N) is 2. The smallest absolute Gasteiger partial charge is 0.258 e. The van der Waals surface area contributed by atoms with Crippen LogP contribution in [0.3, 0.4) is 0 Å². The molecule has 11 heavy (non-hydrogen) atoms. The highest BCUT2D eigenvalue weighted by molar-refractivity contribution is 7.99. The topological polar surface area (TPSA) is 94.8 Å². The van der Waals surface area contributed by atoms with Crippen LogP contribution in [0, 0.1) is 0 Å². The molecule has 0 atom stereocenters. The van der Waals surface area contributed by atoms with E-state index in [4.69, 9.17) is 11.7 Å². The second kappa shape index (κ2) is 3.44. The van der Waals surface area contributed by atoms with E-state index >= 15 is 0 Å². The standard InChI is InChI=1S/C4H10N6S/c1-2-11-4-9-8-3(7-5)10(4)6/h2,5-6H2,1H3,(H,7,8). The lowest BCUT2D eigenvalue weighted by Crippen LogP contribution is -2.18. The molecule has 1 rings (SSSR count). The van der Waals surface area contributed by atoms with Gasteiger partial charge in [-0.05, 0) is 5.75 Å². The van der Waals surface area contributed by atoms with E-state index < -0.39 is 0 Å². The lowest BCUT2D eigenvalue weighted by Gasteiger charge is -1.99. The van der Waals surface area contributed by atoms with E-state index in [1.54, 1.807) is 0 Å². The SMILES string of the molecule is CCSc1nnc(NN)n1N. The van der Waals surface area contributed by atoms with Crippen molar-refractivity contribution in [1.29, 1.82) is 0 Å². The lowest BCUT2D eigenvalue weighted by atomic mass is 11.0. The van der Waals surface area contributed by atoms with Crippen LogP contribution in [0.1, 0.15) is 6.92 Å². The van der Waals surface area contributed by atoms with E-state index in [1.165, 1.54) is 16.4 Å². The van der Waals surface area contributed by atoms with Crippen LogP contribution in [0.4, 0.5) is 5.95 Å². The molecule has 0 bridgehead atoms. The van der Waals surface area contributed by atoms with Gasteiger partial charge < -0.3 is 5.84 Å². The van der Waals surface area contributed by atoms with Crippen LogP contribution >= 0.6 is 11.8 Å². The second-order valence-electron chi connectivity index (χ2n) is 1.75. The number of thioether (sulfide) groups is 1. The molecule has 1 heterocycles. The van der Waals surface area contributed by atoms with Crippen molar-refractivity contribution < 1.29 is 0 Å². The first kappa shape index (κ1) is 8.15. The Kier molecular flexibility index (Phi) is 2.55. The molecule has 0 fully saturated rings. The molecule has 0 aliphatic heterocycles. The minimum atomic E-state index is 0.362. The average Bonchev–Trinajstić information content (AvgIpc) is 2.34. The zero-order valence-corrected chi connectivity index (χ0v) is 6.93. The van der Waals surface area contributed by atoms with Crippen LogP contribution in [-0.2, 0) is 0 Å². The summed E-state index contributed by atoms with van der Waals surface area (Å²) in [7, 11) is 0. The molecule has 1 aromatic rings. The molecule has 0 amide bonds. The molecule has 0 aliphatic rings. The van der Waals surface area contributed by atoms with Crippen molar-refractivity contribution in [2.45, 2.75) is 12.1 Å². The van der Waals surface area contributed by atoms with Gasteiger partial charge in [-0.1, -0.05) is 18.7 Å². The van der Waals surface area contributed by atoms with Crippen molar-refractivity contribution in [1.82, 2.24) is 14.9 Å². The first-order chi connectivity index (χ1) is 5.29. The van der Waals surface area contributed by atoms with Crippen molar-refractivity contribution in [2.24, 2.45) is 5.84 Å². The van der Waals surface area contributed by atoms with Crippen molar-refractivity contribution in [3.8, 4) is 0 Å². The maximum atomic E-state index is 5.53. The van der Waals surface area contributed by atoms with Gasteiger partial charge in [0.15, 0.2) is 0 Å². The number of hydrazine groups is 1. The van der Waals surface area contributed by atoms with Gasteiger partial charge in [-0.25, -0.2) is 10.5 Å². The minimum absolute atomic E-state index is 0.362. The Hall–Kier alpha value is -0.950. The fourth-order valence-electron chi connectivity index (χ4n) is 0.603. The summed E-state index contributed by atoms with van der Waals surface area (Å²) in [4.78, 5) is 0. The molecule has 0 radical (unpaired) electrons. The van der Waals surface area contributed by atoms with E-state index in [2.05, 4.69) is 15.6 Å². The van der Waals surface area contributed by atoms with E-state index in [9.17, 15) is 0 Å². The summed E-state index contributed by atoms with van der Waals surface area (Å²) in [6, 6.07) is 0. The van der Waals surface area contributed by atoms with Gasteiger partial charge in [-0.15, -0.1) is 10.2 Å². The summed E-state index contributed by atoms with van der Waals surface area (Å²) in [5.74, 6) is 11.9. The Labute approximate surface area is 68.3 Å². The van der Waals surface area contributed by atoms with Crippen LogP contribution < -0.4 is 17.1 Å². The predicted octanol–water partition coefficient (Wildman–Crippen LogP) is -0.610. The maximum Gasteiger partial charge on any atom is 0.258 e. The molecule has 0 saturated heterocycles. The zero-order chi connectivity index (χ0) is 8.27. The number of hydrogen-bond acceptors (Lipinski definition) is 6. The van der Waals surface area contributed by atoms with Crippen LogP contribution in [0.15, 0.2) is 5.16 Å². The molecule has 62 valence electrons. The van der Waals surface area contributed by atoms with Gasteiger partial charge >= 0.3 is 0 Å². The Morgan fingerprint density at radius 1 is 1.64 bits per heavy atom. The average molecular weight is 174 g/mol. The van der Waals surface area contributed by atoms with Crippen molar-refractivity contribution >= 4 is 17.7 Å². The van der Waals surface area contributed by atoms with Gasteiger partial charge in [0.1, 0.15) is 0 Å². The van der Waals surface area contributed by atoms with E-state index in [0.29, 0.717) is 11.1 Å². The zero-order valence-electron chi connectivity index (χ0n) is 6.11. The number of nitrogen functional groups attached to an aromatic ring is 2. The van der Waals surface area contributed by atoms with Crippen molar-refractivity contribution in [3.05, 3.63) is 0 Å². The number of aromatic nitrogens is 3. The predicted molar refractivity (Wildman–Crippen MR) is 44.4 cm³/mol. The highest BCUT2D eigenvalue weighted by atomic mass is 32.2. The lowest BCUT2D eigenvalue weighted by molar-refractivity contribution is 0.847. The quantitative estimate of drug-likeness (QED) is 0.321. The van der Waals surface area contributed by atoms with Gasteiger partial charge in [0.2, 0.25) is 5.16 Å². The van der Waals surface area contributed by atoms with Gasteiger partial charge in [0.05, 0.1) is 0 Å². The number of anilines is 1. The fraction of sp³-hybridized carbons (Fsp3) is 0.500. The summed E-state index contributed by atoms with van der Waals surface area (Å²) < 4.78 is 1.31. The van der Waals surface area contributed by atoms with Gasteiger partial charge in [-0.3, -0.25) is 5.43 Å². The fourth-order valence-corrected chi connectivity index (χ4v) is 1.19. The summed E-state index contributed by atoms with van der Waals surface area (Å²) in [5, 5.41) is 8.12. The van der Waals surface area contributed by atoms with E-state index in [0.717, 1.165) is 5.75 Å². The third-order valence-corrected chi connectivity index (χ3v) is 1.89. The van der Waals surface area contributed by atoms with Crippen LogP contribution in [0.5, 0.6) is 0 Å². The number of nitrogens with zero attached hydrogens (tertiary/aromatic N) is 3. The molecule has 5 N–H and O–H groups in total. The monoisotopic (exact) mass is 174 g/mol. The normalized spacial score (nSPS) is 10.0. The summed E-state index contributed by atoms with van der Waals surface area (Å²) in [5.41, 5.74) is 2.33. The Morgan fingerprint density at radius 2 is 2.36 bits per heavy atom. The molecule has 0 unspecified atom stereocenters. The Balaban J connectivity index is 2.82. The van der Waals surface area contributed by atoms with E-state index in [1.807, 2.05) is 6.92 Å². The van der Waals surface area contributed by atoms with Gasteiger partial charge in [-0.2, -0.15) is 0 Å². The molecular formula is C4H10N6S. The molecule has 0 aliphatic carbocycles. The highest BCUT2D eigenvalue weighted by Gasteiger charge is 2.06. The van der Waals surface area contributed by atoms with E-state index in [-0.39, 0.29) is 0 Å². The third-order valence-electron chi connectivity index (χ3n) is 1.07. The largest absolute Gasteiger partial charge is 0.334 e. The summed E-state index contributed by atoms with van der Waals surface area (Å²) in [6.45, 7) is 2.01. The van der Waals surface area contributed by atoms with Crippen LogP contribution in [-0.4, -0.2) is 20.6 Å². The van der Waals surface area contributed by atoms with Gasteiger partial charge in [0, 0.05) is 0 Å². The number of hydrogen-bond donors (Lipinski definition) is 3. The van der Waals surface area contributed by atoms with Crippen LogP contribution in [0.2, 0.25) is 0 Å². The Morgan fingerprint density at radius 3 is 2.82 bits per heavy atom. The Bertz CT molecular complexity index is 232. The second-order valence-corrected chi connectivity index (χ2v) is 2.98. The summed E-state index contributed by atoms with van der Waals surface area (Å²) in [6.07, 6.45) is 0. The van der Waals surface area contributed by atoms with Gasteiger partial charge in [0.25, 0.3) is 5.95 Å². The number of nitrogens with one attached hydrogen (secondary N) is 1. The van der Waals surface area contributed by atoms with Crippen molar-refractivity contribution in [2.75, 3.05) is 17.0 Å². The highest BCUT2D eigenvalue weighted by Crippen LogP contribution is 2.14. The molecule has 0 saturated carbocycles. The molecule has 0 spiro atoms. The first-order valence-electron chi connectivity index (χ1n) is 3.09. The minimum Gasteiger partial charge on any atom is -0.334 e. The number of rotatable bonds is 3. The third kappa shape index (κ3) is 1.55. The maximum absolute atomic E-state index is 5.53. The van der Waals surface area contributed by atoms with Crippen LogP contribution in [0.25, 0.3) is 0 Å². The first-order valence-corrected chi connectivity index (χ1v) is 4.08. The van der Waals surface area contributed by atoms with Crippen molar-refractivity contribution in [3.63, 3.8) is 0 Å².